The first kappa shape index (κ1) is 52.4. The smallest absolute Gasteiger partial charge is 0.188 e. The lowest BCUT2D eigenvalue weighted by atomic mass is 9.62. The Morgan fingerprint density at radius 3 is 2.54 bits per heavy atom. The molecule has 11 heteroatoms. The fourth-order valence-corrected chi connectivity index (χ4v) is 14.9. The zero-order valence-corrected chi connectivity index (χ0v) is 44.4. The minimum Gasteiger partial charge on any atom is -0.508 e. The Labute approximate surface area is 430 Å². The maximum atomic E-state index is 12.5. The van der Waals surface area contributed by atoms with Crippen molar-refractivity contribution in [3.05, 3.63) is 76.4 Å². The van der Waals surface area contributed by atoms with Gasteiger partial charge in [0.15, 0.2) is 17.5 Å². The quantitative estimate of drug-likeness (QED) is 0.0766. The monoisotopic (exact) mass is 989 g/mol. The number of phenols is 2. The summed E-state index contributed by atoms with van der Waals surface area (Å²) in [5, 5.41) is 54.1. The summed E-state index contributed by atoms with van der Waals surface area (Å²) in [4.78, 5) is 4.74. The molecule has 0 unspecified atom stereocenters. The van der Waals surface area contributed by atoms with Gasteiger partial charge in [-0.25, -0.2) is 0 Å². The van der Waals surface area contributed by atoms with E-state index in [1.165, 1.54) is 31.2 Å². The fraction of sp³-hybridized carbons (Fsp3) is 0.656. The molecule has 2 saturated carbocycles. The number of methoxy groups -OCH3 is 1. The van der Waals surface area contributed by atoms with Crippen molar-refractivity contribution in [1.82, 2.24) is 10.6 Å². The van der Waals surface area contributed by atoms with Crippen LogP contribution in [0.25, 0.3) is 11.1 Å². The van der Waals surface area contributed by atoms with Crippen LogP contribution >= 0.6 is 0 Å². The molecule has 1 spiro atoms. The minimum atomic E-state index is -0.880. The zero-order valence-electron chi connectivity index (χ0n) is 44.4. The zero-order chi connectivity index (χ0) is 50.7. The summed E-state index contributed by atoms with van der Waals surface area (Å²) >= 11 is 0. The normalized spacial score (nSPS) is 31.0. The van der Waals surface area contributed by atoms with Crippen LogP contribution < -0.4 is 30.6 Å². The summed E-state index contributed by atoms with van der Waals surface area (Å²) in [5.74, 6) is 5.18. The van der Waals surface area contributed by atoms with Gasteiger partial charge in [0.05, 0.1) is 19.3 Å². The van der Waals surface area contributed by atoms with E-state index in [1.807, 2.05) is 31.3 Å². The molecular weight excluding hydrogens is 901 g/mol. The number of aromatic hydroxyl groups is 2. The minimum absolute atomic E-state index is 0.0239. The van der Waals surface area contributed by atoms with Crippen molar-refractivity contribution >= 4 is 5.96 Å². The van der Waals surface area contributed by atoms with Crippen LogP contribution in [0.1, 0.15) is 164 Å². The van der Waals surface area contributed by atoms with Gasteiger partial charge in [0.2, 0.25) is 0 Å². The van der Waals surface area contributed by atoms with Crippen LogP contribution in [0.2, 0.25) is 0 Å². The van der Waals surface area contributed by atoms with Crippen LogP contribution in [-0.2, 0) is 19.3 Å². The Morgan fingerprint density at radius 1 is 0.917 bits per heavy atom. The molecule has 0 radical (unpaired) electrons. The number of aliphatic hydroxyl groups excluding tert-OH is 2. The predicted octanol–water partition coefficient (Wildman–Crippen LogP) is 11.1. The van der Waals surface area contributed by atoms with E-state index in [0.717, 1.165) is 116 Å². The largest absolute Gasteiger partial charge is 0.508 e. The van der Waals surface area contributed by atoms with Crippen molar-refractivity contribution in [2.24, 2.45) is 57.6 Å². The van der Waals surface area contributed by atoms with Crippen molar-refractivity contribution in [1.29, 1.82) is 0 Å². The van der Waals surface area contributed by atoms with Gasteiger partial charge in [0, 0.05) is 42.6 Å². The van der Waals surface area contributed by atoms with Crippen LogP contribution in [0.3, 0.4) is 0 Å². The number of rotatable bonds is 10. The number of benzene rings is 3. The van der Waals surface area contributed by atoms with Gasteiger partial charge in [-0.2, -0.15) is 0 Å². The molecule has 2 fully saturated rings. The van der Waals surface area contributed by atoms with E-state index in [1.54, 1.807) is 13.2 Å². The lowest BCUT2D eigenvalue weighted by Gasteiger charge is -2.46. The molecule has 12 atom stereocenters. The highest BCUT2D eigenvalue weighted by Crippen LogP contribution is 2.58. The molecule has 8 N–H and O–H groups in total. The molecule has 72 heavy (non-hydrogen) atoms. The highest BCUT2D eigenvalue weighted by Gasteiger charge is 2.50. The SMILES string of the molecule is CCCCC[C@H](C)[C@H]1C[C@H]2C=C[C@@H]1C[C@@H](O)CCCN=C(N)NCC[C@@H]1[C@@H](CCC[C@]13CC[C@H](CNC)C3)Oc1cc(ccc1O)[C@@H]1Oc3cc(OC)c4c(c3C[C@H]1O)[C@@H]2Cc1cc(O)c(CC(C)C)cc1-4. The van der Waals surface area contributed by atoms with E-state index < -0.39 is 18.3 Å². The van der Waals surface area contributed by atoms with Crippen molar-refractivity contribution in [3.63, 3.8) is 0 Å². The second-order valence-electron chi connectivity index (χ2n) is 23.7. The van der Waals surface area contributed by atoms with Gasteiger partial charge >= 0.3 is 0 Å². The van der Waals surface area contributed by atoms with Gasteiger partial charge in [-0.3, -0.25) is 4.99 Å². The summed E-state index contributed by atoms with van der Waals surface area (Å²) in [5.41, 5.74) is 13.8. The molecule has 8 bridgehead atoms. The number of guanidine groups is 1. The van der Waals surface area contributed by atoms with Crippen molar-refractivity contribution in [2.45, 2.75) is 174 Å². The summed E-state index contributed by atoms with van der Waals surface area (Å²) < 4.78 is 20.5. The molecule has 11 nitrogen and oxygen atoms in total. The standard InChI is InChI=1S/C61H88N4O7/c1-7-8-9-12-37(4)45-27-40-16-15-39(45)26-44(66)13-11-23-64-60(62)65-24-20-49-53(14-10-21-61(49)22-19-38(34-61)35-63-5)71-55-31-41(17-18-50(55)67)59-52(69)32-48-54(72-59)33-56(70-6)58-47-29-43(25-36(2)3)51(68)30-42(47)28-46(40)57(48)58/h15-18,29-31,33,36-40,44-46,49,52-53,59,63,66-69H,7-14,19-28,32,34-35H2,1-6H3,(H3,62,64,65)/t37-,38-,39+,40+,44-,45+,46+,49+,52+,53+,59-,61+/m0/s1. The Kier molecular flexibility index (Phi) is 16.7. The molecule has 3 aromatic carbocycles. The van der Waals surface area contributed by atoms with Crippen molar-refractivity contribution < 1.29 is 34.6 Å². The van der Waals surface area contributed by atoms with E-state index in [2.05, 4.69) is 56.5 Å². The van der Waals surface area contributed by atoms with Crippen molar-refractivity contribution in [2.75, 3.05) is 33.8 Å². The Balaban J connectivity index is 1.13. The molecule has 0 aromatic heterocycles. The summed E-state index contributed by atoms with van der Waals surface area (Å²) in [6.07, 6.45) is 19.8. The molecule has 5 heterocycles. The molecule has 12 rings (SSSR count). The molecule has 4 aliphatic carbocycles. The third-order valence-electron chi connectivity index (χ3n) is 18.4. The summed E-state index contributed by atoms with van der Waals surface area (Å²) in [6.45, 7) is 11.3. The van der Waals surface area contributed by atoms with Crippen LogP contribution in [-0.4, -0.2) is 78.5 Å². The number of nitrogens with one attached hydrogen (secondary N) is 2. The van der Waals surface area contributed by atoms with E-state index >= 15 is 0 Å². The molecule has 3 aromatic rings. The Bertz CT molecular complexity index is 2400. The van der Waals surface area contributed by atoms with Gasteiger partial charge in [-0.05, 0) is 196 Å². The number of ether oxygens (including phenoxy) is 3. The van der Waals surface area contributed by atoms with Gasteiger partial charge in [0.25, 0.3) is 0 Å². The van der Waals surface area contributed by atoms with Crippen LogP contribution in [0.15, 0.2) is 53.5 Å². The predicted molar refractivity (Wildman–Crippen MR) is 288 cm³/mol. The maximum absolute atomic E-state index is 12.5. The van der Waals surface area contributed by atoms with Gasteiger partial charge in [-0.15, -0.1) is 0 Å². The lowest BCUT2D eigenvalue weighted by molar-refractivity contribution is -0.0176. The third-order valence-corrected chi connectivity index (χ3v) is 18.4. The highest BCUT2D eigenvalue weighted by molar-refractivity contribution is 5.84. The Morgan fingerprint density at radius 2 is 1.75 bits per heavy atom. The molecule has 394 valence electrons. The maximum Gasteiger partial charge on any atom is 0.188 e. The lowest BCUT2D eigenvalue weighted by Crippen LogP contribution is -2.46. The fourth-order valence-electron chi connectivity index (χ4n) is 14.9. The van der Waals surface area contributed by atoms with Crippen molar-refractivity contribution in [3.8, 4) is 39.9 Å². The van der Waals surface area contributed by atoms with E-state index in [0.29, 0.717) is 79.2 Å². The number of nitrogens with zero attached hydrogens (tertiary/aromatic N) is 1. The number of phenolic OH excluding ortho intramolecular Hbond substituents is 2. The average Bonchev–Trinajstić information content (AvgIpc) is 3.75. The number of unbranched alkanes of at least 4 members (excludes halogenated alkanes) is 2. The van der Waals surface area contributed by atoms with Gasteiger partial charge < -0.3 is 51.0 Å². The summed E-state index contributed by atoms with van der Waals surface area (Å²) in [6, 6.07) is 11.7. The first-order chi connectivity index (χ1) is 34.8. The second kappa shape index (κ2) is 23.0. The highest BCUT2D eigenvalue weighted by atomic mass is 16.5. The number of aliphatic imine (C=N–C) groups is 1. The second-order valence-corrected chi connectivity index (χ2v) is 23.7. The first-order valence-electron chi connectivity index (χ1n) is 28.3. The Hall–Kier alpha value is -4.45. The van der Waals surface area contributed by atoms with E-state index in [9.17, 15) is 20.4 Å². The number of hydrogen-bond donors (Lipinski definition) is 7. The van der Waals surface area contributed by atoms with Gasteiger partial charge in [-0.1, -0.05) is 71.6 Å². The molecule has 0 amide bonds. The first-order valence-corrected chi connectivity index (χ1v) is 28.3. The van der Waals surface area contributed by atoms with E-state index in [4.69, 9.17) is 24.9 Å². The third kappa shape index (κ3) is 11.1. The number of aliphatic hydroxyl groups is 2. The molecule has 0 saturated heterocycles. The number of fused-ring (bicyclic) bond motifs is 2. The van der Waals surface area contributed by atoms with Crippen LogP contribution in [0, 0.1) is 46.8 Å². The van der Waals surface area contributed by atoms with Gasteiger partial charge in [0.1, 0.15) is 29.5 Å². The number of allylic oxidation sites excluding steroid dienone is 2. The molecular formula is C61H88N4O7. The molecule has 9 aliphatic rings. The average molecular weight is 989 g/mol. The topological polar surface area (TPSA) is 171 Å². The number of nitrogens with two attached hydrogens (primary N) is 1. The number of hydrogen-bond acceptors (Lipinski definition) is 11. The molecule has 5 aliphatic heterocycles. The van der Waals surface area contributed by atoms with Crippen LogP contribution in [0.4, 0.5) is 0 Å². The summed E-state index contributed by atoms with van der Waals surface area (Å²) in [7, 11) is 3.78. The van der Waals surface area contributed by atoms with E-state index in [-0.39, 0.29) is 40.9 Å². The van der Waals surface area contributed by atoms with Crippen LogP contribution in [0.5, 0.6) is 28.7 Å².